The van der Waals surface area contributed by atoms with E-state index in [1.165, 1.54) is 23.0 Å². The number of hydrogen-bond acceptors (Lipinski definition) is 11. The largest absolute Gasteiger partial charge is 0.493 e. The van der Waals surface area contributed by atoms with Crippen molar-refractivity contribution in [2.24, 2.45) is 4.99 Å². The van der Waals surface area contributed by atoms with Crippen molar-refractivity contribution < 1.29 is 38.0 Å². The third-order valence-corrected chi connectivity index (χ3v) is 8.08. The molecule has 0 saturated carbocycles. The quantitative estimate of drug-likeness (QED) is 0.261. The molecule has 1 aromatic heterocycles. The topological polar surface area (TPSA) is 124 Å². The van der Waals surface area contributed by atoms with Crippen molar-refractivity contribution in [3.05, 3.63) is 76.9 Å². The molecule has 0 saturated heterocycles. The van der Waals surface area contributed by atoms with Crippen molar-refractivity contribution in [2.75, 3.05) is 40.6 Å². The third-order valence-electron chi connectivity index (χ3n) is 6.51. The van der Waals surface area contributed by atoms with Crippen LogP contribution in [0.2, 0.25) is 0 Å². The second-order valence-electron chi connectivity index (χ2n) is 9.27. The molecule has 0 fully saturated rings. The molecule has 1 aliphatic heterocycles. The monoisotopic (exact) mass is 688 g/mol. The van der Waals surface area contributed by atoms with Crippen LogP contribution in [0, 0.1) is 0 Å². The van der Waals surface area contributed by atoms with Crippen molar-refractivity contribution in [1.82, 2.24) is 4.57 Å². The number of halogens is 1. The highest BCUT2D eigenvalue weighted by Gasteiger charge is 2.34. The van der Waals surface area contributed by atoms with Gasteiger partial charge in [0, 0.05) is 0 Å². The minimum Gasteiger partial charge on any atom is -0.493 e. The maximum atomic E-state index is 14.1. The lowest BCUT2D eigenvalue weighted by Crippen LogP contribution is -2.40. The van der Waals surface area contributed by atoms with Gasteiger partial charge in [-0.25, -0.2) is 14.6 Å². The molecule has 0 bridgehead atoms. The molecule has 234 valence electrons. The number of rotatable bonds is 12. The lowest BCUT2D eigenvalue weighted by atomic mass is 9.95. The lowest BCUT2D eigenvalue weighted by Gasteiger charge is -2.25. The van der Waals surface area contributed by atoms with Gasteiger partial charge in [0.1, 0.15) is 0 Å². The molecule has 13 heteroatoms. The van der Waals surface area contributed by atoms with Gasteiger partial charge in [0.2, 0.25) is 0 Å². The van der Waals surface area contributed by atoms with E-state index in [0.29, 0.717) is 66.8 Å². The molecule has 0 unspecified atom stereocenters. The fourth-order valence-electron chi connectivity index (χ4n) is 4.64. The van der Waals surface area contributed by atoms with Crippen LogP contribution in [0.3, 0.4) is 0 Å². The summed E-state index contributed by atoms with van der Waals surface area (Å²) in [7, 11) is 2.81. The number of esters is 2. The molecule has 44 heavy (non-hydrogen) atoms. The van der Waals surface area contributed by atoms with Gasteiger partial charge in [0.05, 0.1) is 60.4 Å². The first kappa shape index (κ1) is 32.8. The normalized spacial score (nSPS) is 14.4. The van der Waals surface area contributed by atoms with Gasteiger partial charge in [-0.3, -0.25) is 9.36 Å². The summed E-state index contributed by atoms with van der Waals surface area (Å²) in [4.78, 5) is 44.1. The molecule has 0 radical (unpaired) electrons. The Labute approximate surface area is 266 Å². The van der Waals surface area contributed by atoms with Crippen molar-refractivity contribution in [1.29, 1.82) is 0 Å². The smallest absolute Gasteiger partial charge is 0.343 e. The van der Waals surface area contributed by atoms with Gasteiger partial charge >= 0.3 is 11.9 Å². The van der Waals surface area contributed by atoms with E-state index in [1.54, 1.807) is 51.3 Å². The molecule has 2 aromatic carbocycles. The van der Waals surface area contributed by atoms with Crippen LogP contribution in [0.1, 0.15) is 44.9 Å². The molecule has 1 atom stereocenters. The number of methoxy groups -OCH3 is 2. The average Bonchev–Trinajstić information content (AvgIpc) is 3.30. The van der Waals surface area contributed by atoms with E-state index < -0.39 is 18.0 Å². The summed E-state index contributed by atoms with van der Waals surface area (Å²) in [6, 6.07) is 7.76. The zero-order valence-electron chi connectivity index (χ0n) is 25.2. The predicted molar refractivity (Wildman–Crippen MR) is 167 cm³/mol. The van der Waals surface area contributed by atoms with Crippen LogP contribution < -0.4 is 33.8 Å². The fourth-order valence-corrected chi connectivity index (χ4v) is 6.26. The number of benzene rings is 2. The van der Waals surface area contributed by atoms with Gasteiger partial charge in [-0.15, -0.1) is 0 Å². The summed E-state index contributed by atoms with van der Waals surface area (Å²) in [6.07, 6.45) is 1.74. The van der Waals surface area contributed by atoms with Gasteiger partial charge in [0.25, 0.3) is 5.56 Å². The maximum Gasteiger partial charge on any atom is 0.343 e. The van der Waals surface area contributed by atoms with Gasteiger partial charge in [-0.2, -0.15) is 0 Å². The van der Waals surface area contributed by atoms with Gasteiger partial charge in [-0.1, -0.05) is 17.4 Å². The van der Waals surface area contributed by atoms with Crippen LogP contribution in [-0.2, 0) is 19.1 Å². The predicted octanol–water partition coefficient (Wildman–Crippen LogP) is 3.92. The fraction of sp³-hybridized carbons (Fsp3) is 0.355. The van der Waals surface area contributed by atoms with Crippen LogP contribution in [0.25, 0.3) is 6.08 Å². The number of allylic oxidation sites excluding steroid dienone is 1. The van der Waals surface area contributed by atoms with Crippen molar-refractivity contribution in [3.8, 4) is 23.0 Å². The van der Waals surface area contributed by atoms with E-state index in [1.807, 2.05) is 19.9 Å². The molecule has 0 amide bonds. The van der Waals surface area contributed by atoms with Crippen molar-refractivity contribution in [2.45, 2.75) is 33.7 Å². The van der Waals surface area contributed by atoms with Crippen LogP contribution in [0.15, 0.2) is 55.9 Å². The Morgan fingerprint density at radius 2 is 1.75 bits per heavy atom. The zero-order chi connectivity index (χ0) is 32.0. The minimum absolute atomic E-state index is 0.145. The van der Waals surface area contributed by atoms with Crippen LogP contribution in [-0.4, -0.2) is 57.2 Å². The number of fused-ring (bicyclic) bond motifs is 1. The SMILES string of the molecule is CCOC(=O)C1=C(C)N=c2s/c(=C\c3cc(Br)c(OCC)c(OC)c3)c(=O)n2[C@@H]1c1ccc(OCC(=O)OC)c(OCC)c1. The number of ether oxygens (including phenoxy) is 6. The molecular formula is C31H33BrN2O9S. The third kappa shape index (κ3) is 6.83. The minimum atomic E-state index is -0.872. The molecule has 1 aliphatic rings. The second-order valence-corrected chi connectivity index (χ2v) is 11.1. The molecule has 11 nitrogen and oxygen atoms in total. The first-order valence-electron chi connectivity index (χ1n) is 13.8. The van der Waals surface area contributed by atoms with Gasteiger partial charge in [-0.05, 0) is 85.1 Å². The van der Waals surface area contributed by atoms with E-state index in [0.717, 1.165) is 0 Å². The molecule has 0 aliphatic carbocycles. The summed E-state index contributed by atoms with van der Waals surface area (Å²) < 4.78 is 35.3. The van der Waals surface area contributed by atoms with Gasteiger partial charge in [0.15, 0.2) is 34.4 Å². The summed E-state index contributed by atoms with van der Waals surface area (Å²) in [5.41, 5.74) is 1.57. The lowest BCUT2D eigenvalue weighted by molar-refractivity contribution is -0.143. The van der Waals surface area contributed by atoms with Crippen LogP contribution >= 0.6 is 27.3 Å². The Balaban J connectivity index is 1.90. The molecule has 3 aromatic rings. The number of carbonyl (C=O) groups is 2. The molecule has 0 N–H and O–H groups in total. The highest BCUT2D eigenvalue weighted by molar-refractivity contribution is 9.10. The van der Waals surface area contributed by atoms with E-state index in [4.69, 9.17) is 23.7 Å². The summed E-state index contributed by atoms with van der Waals surface area (Å²) >= 11 is 4.73. The Kier molecular flexibility index (Phi) is 10.9. The van der Waals surface area contributed by atoms with E-state index in [2.05, 4.69) is 25.7 Å². The Morgan fingerprint density at radius 3 is 2.41 bits per heavy atom. The standard InChI is InChI=1S/C31H33BrN2O9S/c1-7-40-22-15-19(10-11-21(22)43-16-25(35)39-6)27-26(30(37)42-9-3)17(4)33-31-34(27)29(36)24(44-31)14-18-12-20(32)28(41-8-2)23(13-18)38-5/h10-15,27H,7-9,16H2,1-6H3/b24-14-/t27-/m1/s1. The summed E-state index contributed by atoms with van der Waals surface area (Å²) in [5.74, 6) is 0.576. The number of aromatic nitrogens is 1. The first-order valence-corrected chi connectivity index (χ1v) is 15.4. The number of nitrogens with zero attached hydrogens (tertiary/aromatic N) is 2. The van der Waals surface area contributed by atoms with E-state index in [9.17, 15) is 14.4 Å². The Hall–Kier alpha value is -4.10. The zero-order valence-corrected chi connectivity index (χ0v) is 27.6. The number of hydrogen-bond donors (Lipinski definition) is 0. The van der Waals surface area contributed by atoms with E-state index in [-0.39, 0.29) is 24.3 Å². The number of thiazole rings is 1. The Morgan fingerprint density at radius 1 is 1.00 bits per heavy atom. The van der Waals surface area contributed by atoms with E-state index >= 15 is 0 Å². The summed E-state index contributed by atoms with van der Waals surface area (Å²) in [5, 5.41) is 0. The first-order chi connectivity index (χ1) is 21.2. The number of carbonyl (C=O) groups excluding carboxylic acids is 2. The highest BCUT2D eigenvalue weighted by Crippen LogP contribution is 2.38. The molecule has 0 spiro atoms. The van der Waals surface area contributed by atoms with Crippen LogP contribution in [0.5, 0.6) is 23.0 Å². The molecule has 4 rings (SSSR count). The molecule has 2 heterocycles. The van der Waals surface area contributed by atoms with Crippen molar-refractivity contribution in [3.63, 3.8) is 0 Å². The average molecular weight is 690 g/mol. The summed E-state index contributed by atoms with van der Waals surface area (Å²) in [6.45, 7) is 7.70. The second kappa shape index (κ2) is 14.6. The Bertz CT molecular complexity index is 1780. The van der Waals surface area contributed by atoms with Gasteiger partial charge < -0.3 is 28.4 Å². The molecular weight excluding hydrogens is 656 g/mol. The highest BCUT2D eigenvalue weighted by atomic mass is 79.9. The van der Waals surface area contributed by atoms with Crippen molar-refractivity contribution >= 4 is 45.3 Å². The maximum absolute atomic E-state index is 14.1. The van der Waals surface area contributed by atoms with Crippen LogP contribution in [0.4, 0.5) is 0 Å².